The number of aromatic nitrogens is 2. The lowest BCUT2D eigenvalue weighted by atomic mass is 10.1. The van der Waals surface area contributed by atoms with Crippen LogP contribution in [-0.4, -0.2) is 47.3 Å². The summed E-state index contributed by atoms with van der Waals surface area (Å²) in [5, 5.41) is 15.5. The van der Waals surface area contributed by atoms with Crippen molar-refractivity contribution >= 4 is 46.6 Å². The number of nitrogens with one attached hydrogen (secondary N) is 1. The lowest BCUT2D eigenvalue weighted by molar-refractivity contribution is -0.135. The third-order valence-corrected chi connectivity index (χ3v) is 4.79. The maximum Gasteiger partial charge on any atom is 0.331 e. The van der Waals surface area contributed by atoms with Crippen LogP contribution in [0, 0.1) is 0 Å². The van der Waals surface area contributed by atoms with E-state index >= 15 is 0 Å². The molecule has 0 radical (unpaired) electrons. The van der Waals surface area contributed by atoms with Gasteiger partial charge < -0.3 is 9.47 Å². The molecule has 0 spiro atoms. The van der Waals surface area contributed by atoms with Gasteiger partial charge in [-0.05, 0) is 35.5 Å². The van der Waals surface area contributed by atoms with E-state index in [1.807, 2.05) is 18.2 Å². The van der Waals surface area contributed by atoms with Crippen LogP contribution in [0.2, 0.25) is 5.02 Å². The molecule has 1 aliphatic rings. The van der Waals surface area contributed by atoms with Crippen LogP contribution >= 0.6 is 23.4 Å². The Labute approximate surface area is 175 Å². The Morgan fingerprint density at radius 2 is 2.24 bits per heavy atom. The fourth-order valence-electron chi connectivity index (χ4n) is 2.39. The molecule has 150 valence electrons. The van der Waals surface area contributed by atoms with Crippen LogP contribution < -0.4 is 10.1 Å². The Hall–Kier alpha value is -3.11. The van der Waals surface area contributed by atoms with Crippen molar-refractivity contribution in [3.63, 3.8) is 0 Å². The van der Waals surface area contributed by atoms with Gasteiger partial charge in [-0.2, -0.15) is 10.2 Å². The first kappa shape index (κ1) is 20.6. The van der Waals surface area contributed by atoms with E-state index in [0.717, 1.165) is 29.0 Å². The maximum absolute atomic E-state index is 11.8. The smallest absolute Gasteiger partial charge is 0.331 e. The lowest BCUT2D eigenvalue weighted by Crippen LogP contribution is -2.19. The molecule has 0 saturated carbocycles. The molecule has 1 N–H and O–H groups in total. The van der Waals surface area contributed by atoms with Crippen molar-refractivity contribution in [1.82, 2.24) is 15.1 Å². The SMILES string of the molecule is COC(=O)/C=C1/S/C(=N\N=Cc2ccc(OC)c(Cn3cc(Cl)cn3)c2)NC1=O. The minimum absolute atomic E-state index is 0.190. The number of carbonyl (C=O) groups is 2. The molecular weight excluding hydrogens is 418 g/mol. The van der Waals surface area contributed by atoms with Crippen molar-refractivity contribution in [3.8, 4) is 5.75 Å². The molecule has 1 aliphatic heterocycles. The molecule has 11 heteroatoms. The number of amides is 1. The summed E-state index contributed by atoms with van der Waals surface area (Å²) in [5.74, 6) is -0.341. The molecule has 1 amide bonds. The van der Waals surface area contributed by atoms with Crippen LogP contribution in [0.4, 0.5) is 0 Å². The summed E-state index contributed by atoms with van der Waals surface area (Å²) in [5.41, 5.74) is 1.67. The summed E-state index contributed by atoms with van der Waals surface area (Å²) in [6.45, 7) is 0.472. The number of nitrogens with zero attached hydrogens (tertiary/aromatic N) is 4. The molecule has 2 aromatic rings. The van der Waals surface area contributed by atoms with Gasteiger partial charge in [0.2, 0.25) is 0 Å². The molecule has 9 nitrogen and oxygen atoms in total. The number of thioether (sulfide) groups is 1. The van der Waals surface area contributed by atoms with E-state index in [1.54, 1.807) is 30.4 Å². The van der Waals surface area contributed by atoms with Crippen LogP contribution in [-0.2, 0) is 20.9 Å². The number of methoxy groups -OCH3 is 2. The van der Waals surface area contributed by atoms with Gasteiger partial charge in [-0.3, -0.25) is 14.8 Å². The molecule has 1 fully saturated rings. The van der Waals surface area contributed by atoms with Crippen LogP contribution in [0.3, 0.4) is 0 Å². The molecule has 2 heterocycles. The highest BCUT2D eigenvalue weighted by atomic mass is 35.5. The van der Waals surface area contributed by atoms with Crippen LogP contribution in [0.15, 0.2) is 51.8 Å². The molecule has 1 saturated heterocycles. The van der Waals surface area contributed by atoms with E-state index in [0.29, 0.717) is 17.3 Å². The van der Waals surface area contributed by atoms with E-state index in [-0.39, 0.29) is 10.1 Å². The van der Waals surface area contributed by atoms with Gasteiger partial charge >= 0.3 is 5.97 Å². The van der Waals surface area contributed by atoms with Gasteiger partial charge in [0.05, 0.1) is 43.1 Å². The average molecular weight is 434 g/mol. The Balaban J connectivity index is 1.73. The van der Waals surface area contributed by atoms with Crippen molar-refractivity contribution in [3.05, 3.63) is 57.7 Å². The minimum atomic E-state index is -0.614. The minimum Gasteiger partial charge on any atom is -0.496 e. The summed E-state index contributed by atoms with van der Waals surface area (Å²) < 4.78 is 11.6. The number of benzene rings is 1. The number of hydrogen-bond donors (Lipinski definition) is 1. The van der Waals surface area contributed by atoms with E-state index in [2.05, 4.69) is 25.4 Å². The number of amidine groups is 1. The van der Waals surface area contributed by atoms with Gasteiger partial charge in [-0.1, -0.05) is 11.6 Å². The first-order valence-corrected chi connectivity index (χ1v) is 9.42. The zero-order valence-electron chi connectivity index (χ0n) is 15.5. The summed E-state index contributed by atoms with van der Waals surface area (Å²) in [6.07, 6.45) is 5.92. The molecule has 3 rings (SSSR count). The van der Waals surface area contributed by atoms with Gasteiger partial charge in [-0.15, -0.1) is 5.10 Å². The van der Waals surface area contributed by atoms with Crippen molar-refractivity contribution in [2.75, 3.05) is 14.2 Å². The Morgan fingerprint density at radius 1 is 1.41 bits per heavy atom. The summed E-state index contributed by atoms with van der Waals surface area (Å²) in [4.78, 5) is 23.2. The largest absolute Gasteiger partial charge is 0.496 e. The lowest BCUT2D eigenvalue weighted by Gasteiger charge is -2.09. The molecule has 29 heavy (non-hydrogen) atoms. The summed E-state index contributed by atoms with van der Waals surface area (Å²) in [6, 6.07) is 5.53. The molecule has 0 aliphatic carbocycles. The number of ether oxygens (including phenoxy) is 2. The first-order valence-electron chi connectivity index (χ1n) is 8.23. The molecule has 0 atom stereocenters. The topological polar surface area (TPSA) is 107 Å². The molecule has 0 unspecified atom stereocenters. The van der Waals surface area contributed by atoms with Crippen molar-refractivity contribution in [2.24, 2.45) is 10.2 Å². The number of carbonyl (C=O) groups excluding carboxylic acids is 2. The van der Waals surface area contributed by atoms with Gasteiger partial charge in [0.15, 0.2) is 5.17 Å². The highest BCUT2D eigenvalue weighted by Crippen LogP contribution is 2.24. The number of hydrogen-bond acceptors (Lipinski definition) is 8. The molecular formula is C18H16ClN5O4S. The van der Waals surface area contributed by atoms with Crippen molar-refractivity contribution in [1.29, 1.82) is 0 Å². The second kappa shape index (κ2) is 9.39. The highest BCUT2D eigenvalue weighted by molar-refractivity contribution is 8.18. The molecule has 0 bridgehead atoms. The highest BCUT2D eigenvalue weighted by Gasteiger charge is 2.25. The Morgan fingerprint density at radius 3 is 2.93 bits per heavy atom. The quantitative estimate of drug-likeness (QED) is 0.324. The van der Waals surface area contributed by atoms with Crippen LogP contribution in [0.25, 0.3) is 0 Å². The predicted octanol–water partition coefficient (Wildman–Crippen LogP) is 2.20. The fraction of sp³-hybridized carbons (Fsp3) is 0.167. The zero-order valence-corrected chi connectivity index (χ0v) is 17.0. The third kappa shape index (κ3) is 5.46. The summed E-state index contributed by atoms with van der Waals surface area (Å²) >= 11 is 6.91. The van der Waals surface area contributed by atoms with Crippen LogP contribution in [0.5, 0.6) is 5.75 Å². The fourth-order valence-corrected chi connectivity index (χ4v) is 3.29. The van der Waals surface area contributed by atoms with Crippen LogP contribution in [0.1, 0.15) is 11.1 Å². The van der Waals surface area contributed by atoms with Crippen molar-refractivity contribution in [2.45, 2.75) is 6.54 Å². The normalized spacial score (nSPS) is 16.6. The van der Waals surface area contributed by atoms with E-state index < -0.39 is 11.9 Å². The third-order valence-electron chi connectivity index (χ3n) is 3.69. The van der Waals surface area contributed by atoms with Gasteiger partial charge in [-0.25, -0.2) is 4.79 Å². The van der Waals surface area contributed by atoms with E-state index in [1.165, 1.54) is 7.11 Å². The van der Waals surface area contributed by atoms with Gasteiger partial charge in [0, 0.05) is 17.8 Å². The van der Waals surface area contributed by atoms with Gasteiger partial charge in [0.1, 0.15) is 5.75 Å². The second-order valence-corrected chi connectivity index (χ2v) is 7.13. The standard InChI is InChI=1S/C18H16ClN5O4S/c1-27-14-4-3-11(5-12(14)9-24-10-13(19)8-21-24)7-20-23-18-22-17(26)15(29-18)6-16(25)28-2/h3-8,10H,9H2,1-2H3,(H,22,23,26)/b15-6+,20-7?. The maximum atomic E-state index is 11.8. The average Bonchev–Trinajstić information content (AvgIpc) is 3.27. The second-order valence-electron chi connectivity index (χ2n) is 5.67. The first-order chi connectivity index (χ1) is 14.0. The zero-order chi connectivity index (χ0) is 20.8. The Bertz CT molecular complexity index is 1030. The number of esters is 1. The number of rotatable bonds is 6. The monoisotopic (exact) mass is 433 g/mol. The van der Waals surface area contributed by atoms with E-state index in [9.17, 15) is 9.59 Å². The molecule has 1 aromatic heterocycles. The van der Waals surface area contributed by atoms with Crippen molar-refractivity contribution < 1.29 is 19.1 Å². The predicted molar refractivity (Wildman–Crippen MR) is 110 cm³/mol. The van der Waals surface area contributed by atoms with E-state index in [4.69, 9.17) is 16.3 Å². The summed E-state index contributed by atoms with van der Waals surface area (Å²) in [7, 11) is 2.83. The Kier molecular flexibility index (Phi) is 6.68. The van der Waals surface area contributed by atoms with Gasteiger partial charge in [0.25, 0.3) is 5.91 Å². The number of halogens is 1. The molecule has 1 aromatic carbocycles.